The molecule has 8 heteroatoms. The van der Waals surface area contributed by atoms with Gasteiger partial charge < -0.3 is 27.4 Å². The fourth-order valence-electron chi connectivity index (χ4n) is 17.0. The molecular formula is C90H50N4O2S2. The van der Waals surface area contributed by atoms with E-state index in [0.717, 1.165) is 111 Å². The van der Waals surface area contributed by atoms with Gasteiger partial charge in [0.1, 0.15) is 11.2 Å². The molecular weight excluding hydrogens is 1230 g/mol. The van der Waals surface area contributed by atoms with Crippen LogP contribution in [0.1, 0.15) is 0 Å². The van der Waals surface area contributed by atoms with Gasteiger partial charge in [-0.1, -0.05) is 206 Å². The lowest BCUT2D eigenvalue weighted by atomic mass is 9.97. The highest BCUT2D eigenvalue weighted by Crippen LogP contribution is 2.57. The molecule has 0 radical (unpaired) electrons. The van der Waals surface area contributed by atoms with Gasteiger partial charge in [0.05, 0.1) is 67.2 Å². The van der Waals surface area contributed by atoms with E-state index in [1.54, 1.807) is 0 Å². The fourth-order valence-corrected chi connectivity index (χ4v) is 19.3. The van der Waals surface area contributed by atoms with Crippen molar-refractivity contribution in [2.45, 2.75) is 0 Å². The Morgan fingerprint density at radius 1 is 0.235 bits per heavy atom. The van der Waals surface area contributed by atoms with Gasteiger partial charge >= 0.3 is 0 Å². The van der Waals surface area contributed by atoms with Crippen LogP contribution in [0.15, 0.2) is 312 Å². The topological polar surface area (TPSA) is 41.6 Å². The Kier molecular flexibility index (Phi) is 10.6. The van der Waals surface area contributed by atoms with Gasteiger partial charge in [-0.05, 0) is 108 Å². The van der Waals surface area contributed by atoms with Crippen LogP contribution < -0.4 is 9.80 Å². The highest BCUT2D eigenvalue weighted by molar-refractivity contribution is 7.26. The Balaban J connectivity index is 0.812. The molecule has 0 unspecified atom stereocenters. The van der Waals surface area contributed by atoms with Crippen molar-refractivity contribution in [2.24, 2.45) is 0 Å². The van der Waals surface area contributed by atoms with Crippen LogP contribution in [0.3, 0.4) is 0 Å². The number of aromatic nitrogens is 2. The Morgan fingerprint density at radius 2 is 0.622 bits per heavy atom. The number of nitrogens with zero attached hydrogens (tertiary/aromatic N) is 4. The minimum absolute atomic E-state index is 0.842. The zero-order valence-corrected chi connectivity index (χ0v) is 53.9. The number of anilines is 6. The van der Waals surface area contributed by atoms with E-state index >= 15 is 0 Å². The van der Waals surface area contributed by atoms with E-state index in [4.69, 9.17) is 8.83 Å². The number of rotatable bonds is 8. The average Bonchev–Trinajstić information content (AvgIpc) is 1.51. The first-order valence-electron chi connectivity index (χ1n) is 33.4. The normalized spacial score (nSPS) is 12.5. The zero-order chi connectivity index (χ0) is 63.6. The number of thiophene rings is 2. The molecule has 98 heavy (non-hydrogen) atoms. The zero-order valence-electron chi connectivity index (χ0n) is 52.3. The third-order valence-corrected chi connectivity index (χ3v) is 23.4. The highest BCUT2D eigenvalue weighted by Gasteiger charge is 2.32. The van der Waals surface area contributed by atoms with E-state index in [-0.39, 0.29) is 0 Å². The molecule has 454 valence electrons. The second-order valence-electron chi connectivity index (χ2n) is 26.1. The highest BCUT2D eigenvalue weighted by atomic mass is 32.1. The van der Waals surface area contributed by atoms with Crippen LogP contribution in [-0.4, -0.2) is 8.80 Å². The van der Waals surface area contributed by atoms with Crippen molar-refractivity contribution in [3.8, 4) is 22.3 Å². The van der Waals surface area contributed by atoms with Crippen molar-refractivity contribution in [2.75, 3.05) is 9.80 Å². The molecule has 0 aliphatic heterocycles. The van der Waals surface area contributed by atoms with Crippen molar-refractivity contribution < 1.29 is 8.83 Å². The third kappa shape index (κ3) is 7.08. The molecule has 0 bridgehead atoms. The summed E-state index contributed by atoms with van der Waals surface area (Å²) in [6.45, 7) is 0. The average molecular weight is 1280 g/mol. The second-order valence-corrected chi connectivity index (χ2v) is 28.3. The van der Waals surface area contributed by atoms with Crippen LogP contribution in [0.4, 0.5) is 34.1 Å². The maximum atomic E-state index is 7.10. The SMILES string of the molecule is c1ccc(-c2cc3sc4ccccc4c3cc2N(c2cccc3c2oc2ccccc23)c2ccc3c4cc5c(cc4n4c6ccccc6c2c34)c2ccc(N(c3cc4c(cc3-c3ccccc3)sc3ccccc34)c3cccc4c3oc3ccccc34)c3c4ccccc4n5c23)cc1. The molecule has 8 heterocycles. The number of hydrogen-bond acceptors (Lipinski definition) is 6. The van der Waals surface area contributed by atoms with Crippen molar-refractivity contribution in [3.05, 3.63) is 303 Å². The lowest BCUT2D eigenvalue weighted by Crippen LogP contribution is -2.12. The molecule has 23 aromatic rings. The lowest BCUT2D eigenvalue weighted by Gasteiger charge is -2.29. The van der Waals surface area contributed by atoms with Crippen LogP contribution in [0.2, 0.25) is 0 Å². The molecule has 0 saturated heterocycles. The van der Waals surface area contributed by atoms with Gasteiger partial charge in [0.25, 0.3) is 0 Å². The number of fused-ring (bicyclic) bond motifs is 24. The summed E-state index contributed by atoms with van der Waals surface area (Å²) in [7, 11) is 0. The minimum atomic E-state index is 0.842. The van der Waals surface area contributed by atoms with Gasteiger partial charge in [-0.25, -0.2) is 0 Å². The quantitative estimate of drug-likeness (QED) is 0.152. The van der Waals surface area contributed by atoms with Crippen LogP contribution in [0, 0.1) is 0 Å². The van der Waals surface area contributed by atoms with Gasteiger partial charge in [0, 0.05) is 116 Å². The van der Waals surface area contributed by atoms with E-state index in [1.165, 1.54) is 106 Å². The molecule has 23 rings (SSSR count). The van der Waals surface area contributed by atoms with Crippen LogP contribution in [-0.2, 0) is 0 Å². The summed E-state index contributed by atoms with van der Waals surface area (Å²) in [5.41, 5.74) is 21.2. The predicted molar refractivity (Wildman–Crippen MR) is 416 cm³/mol. The number of benzene rings is 15. The summed E-state index contributed by atoms with van der Waals surface area (Å²) < 4.78 is 24.4. The van der Waals surface area contributed by atoms with E-state index in [0.29, 0.717) is 0 Å². The summed E-state index contributed by atoms with van der Waals surface area (Å²) in [6.07, 6.45) is 0. The predicted octanol–water partition coefficient (Wildman–Crippen LogP) is 26.8. The number of hydrogen-bond donors (Lipinski definition) is 0. The maximum Gasteiger partial charge on any atom is 0.159 e. The second kappa shape index (κ2) is 19.6. The van der Waals surface area contributed by atoms with Gasteiger partial charge in [0.2, 0.25) is 0 Å². The molecule has 0 aliphatic rings. The van der Waals surface area contributed by atoms with Crippen molar-refractivity contribution >= 4 is 217 Å². The molecule has 0 atom stereocenters. The Morgan fingerprint density at radius 3 is 1.08 bits per heavy atom. The van der Waals surface area contributed by atoms with Gasteiger partial charge in [-0.3, -0.25) is 0 Å². The Bertz CT molecular complexity index is 6890. The van der Waals surface area contributed by atoms with Gasteiger partial charge in [-0.2, -0.15) is 0 Å². The van der Waals surface area contributed by atoms with E-state index < -0.39 is 0 Å². The summed E-state index contributed by atoms with van der Waals surface area (Å²) in [6, 6.07) is 112. The van der Waals surface area contributed by atoms with Crippen molar-refractivity contribution in [1.82, 2.24) is 8.80 Å². The van der Waals surface area contributed by atoms with Crippen LogP contribution in [0.25, 0.3) is 183 Å². The first kappa shape index (κ1) is 52.9. The first-order chi connectivity index (χ1) is 48.6. The van der Waals surface area contributed by atoms with Crippen LogP contribution in [0.5, 0.6) is 0 Å². The van der Waals surface area contributed by atoms with E-state index in [9.17, 15) is 0 Å². The van der Waals surface area contributed by atoms with Crippen LogP contribution >= 0.6 is 22.7 Å². The third-order valence-electron chi connectivity index (χ3n) is 21.1. The largest absolute Gasteiger partial charge is 0.454 e. The molecule has 6 nitrogen and oxygen atoms in total. The van der Waals surface area contributed by atoms with E-state index in [1.807, 2.05) is 22.7 Å². The molecule has 0 fully saturated rings. The lowest BCUT2D eigenvalue weighted by molar-refractivity contribution is 0.669. The summed E-state index contributed by atoms with van der Waals surface area (Å²) >= 11 is 3.71. The molecule has 15 aromatic carbocycles. The minimum Gasteiger partial charge on any atom is -0.454 e. The Hall–Kier alpha value is -12.5. The summed E-state index contributed by atoms with van der Waals surface area (Å²) in [4.78, 5) is 5.05. The summed E-state index contributed by atoms with van der Waals surface area (Å²) in [5.74, 6) is 0. The molecule has 0 amide bonds. The monoisotopic (exact) mass is 1280 g/mol. The fraction of sp³-hybridized carbons (Fsp3) is 0. The molecule has 0 spiro atoms. The molecule has 0 saturated carbocycles. The maximum absolute atomic E-state index is 7.10. The van der Waals surface area contributed by atoms with E-state index in [2.05, 4.69) is 322 Å². The Labute approximate surface area is 566 Å². The molecule has 0 aliphatic carbocycles. The number of furan rings is 2. The number of para-hydroxylation sites is 6. The standard InChI is InChI=1S/C90H50N4O2S2/c1-3-21-51(22-4-1)63-49-83-67(55-27-11-17-39-81(55)97-83)47-75(63)91(73-35-19-31-59-53-25-9-15-37-79(53)95-89(59)73)71-43-41-57-65-45-78-66(46-77(65)93-69-33-13-7-29-61(69)85(71)87(57)93)58-42-44-72(86-62-30-8-14-34-70(62)94(78)88(58)86)92(74-36-20-32-60-54-26-10-16-38-80(54)96-90(60)74)76-48-68-56-28-12-18-40-82(56)98-84(68)50-64(76)52-23-5-2-6-24-52/h1-50H. The molecule has 8 aromatic heterocycles. The van der Waals surface area contributed by atoms with Crippen molar-refractivity contribution in [1.29, 1.82) is 0 Å². The van der Waals surface area contributed by atoms with Crippen molar-refractivity contribution in [3.63, 3.8) is 0 Å². The van der Waals surface area contributed by atoms with Gasteiger partial charge in [-0.15, -0.1) is 22.7 Å². The summed E-state index contributed by atoms with van der Waals surface area (Å²) in [5, 5.41) is 18.8. The van der Waals surface area contributed by atoms with Gasteiger partial charge in [0.15, 0.2) is 11.2 Å². The first-order valence-corrected chi connectivity index (χ1v) is 35.0. The molecule has 0 N–H and O–H groups in total. The smallest absolute Gasteiger partial charge is 0.159 e.